The molecule has 17 heteroatoms. The number of aromatic nitrogens is 4. The Kier molecular flexibility index (Phi) is 10.8. The zero-order chi connectivity index (χ0) is 42.4. The fraction of sp³-hybridized carbons (Fsp3) is 0.419. The molecule has 2 aliphatic heterocycles. The van der Waals surface area contributed by atoms with E-state index in [9.17, 15) is 24.0 Å². The number of furan rings is 1. The van der Waals surface area contributed by atoms with Crippen molar-refractivity contribution < 1.29 is 37.5 Å². The van der Waals surface area contributed by atoms with Gasteiger partial charge in [0.05, 0.1) is 60.9 Å². The third-order valence-electron chi connectivity index (χ3n) is 11.6. The summed E-state index contributed by atoms with van der Waals surface area (Å²) in [6.07, 6.45) is 5.06. The quantitative estimate of drug-likeness (QED) is 0.116. The van der Waals surface area contributed by atoms with Gasteiger partial charge in [-0.25, -0.2) is 19.6 Å². The normalized spacial score (nSPS) is 17.9. The molecule has 0 unspecified atom stereocenters. The first-order chi connectivity index (χ1) is 28.9. The lowest BCUT2D eigenvalue weighted by atomic mass is 10.0. The van der Waals surface area contributed by atoms with Crippen LogP contribution in [0.3, 0.4) is 0 Å². The van der Waals surface area contributed by atoms with Gasteiger partial charge in [0.2, 0.25) is 22.8 Å². The Morgan fingerprint density at radius 2 is 1.20 bits per heavy atom. The Labute approximate surface area is 344 Å². The first-order valence-electron chi connectivity index (χ1n) is 20.2. The molecule has 4 atom stereocenters. The standard InChI is InChI=1S/C43H48N8O9/c1-21(2)33(48-42(55)57-5)40(53)50-15-7-9-29(50)38-44-19-27(46-38)23-12-14-31-26(17-23)35(52)37-36(59-31)25-13-11-24(18-32(25)60-37)28-20-45-39(47-28)30-10-8-16-51(30)41(54)34(22(3)4)49-43(56)58-6/h11-14,17-22,29-30,33-34H,7-10,15-16H2,1-6H3,(H,44,46)(H,45,47)(H,48,55)(H,49,56)/t29-,30-,33-,34-/m0/s1. The van der Waals surface area contributed by atoms with Crippen molar-refractivity contribution in [3.63, 3.8) is 0 Å². The Balaban J connectivity index is 1.04. The predicted molar refractivity (Wildman–Crippen MR) is 221 cm³/mol. The van der Waals surface area contributed by atoms with Crippen molar-refractivity contribution in [2.45, 2.75) is 77.5 Å². The SMILES string of the molecule is COC(=O)N[C@H](C(=O)N1CCC[C@H]1c1ncc(-c2ccc3c(c2)oc2c(=O)c4cc(-c5cnc([C@@H]6CCCN6C(=O)[C@@H](NC(=O)OC)C(C)C)[nH]5)ccc4oc23)[nH]1)C(C)C. The van der Waals surface area contributed by atoms with Crippen LogP contribution in [0, 0.1) is 11.8 Å². The van der Waals surface area contributed by atoms with Crippen molar-refractivity contribution in [3.05, 3.63) is 70.7 Å². The van der Waals surface area contributed by atoms with Crippen LogP contribution < -0.4 is 16.1 Å². The summed E-state index contributed by atoms with van der Waals surface area (Å²) >= 11 is 0. The van der Waals surface area contributed by atoms with E-state index in [0.29, 0.717) is 82.1 Å². The van der Waals surface area contributed by atoms with E-state index >= 15 is 0 Å². The molecule has 2 saturated heterocycles. The number of carbonyl (C=O) groups excluding carboxylic acids is 4. The first-order valence-corrected chi connectivity index (χ1v) is 20.2. The molecule has 4 amide bonds. The topological polar surface area (TPSA) is 218 Å². The van der Waals surface area contributed by atoms with Crippen LogP contribution >= 0.6 is 0 Å². The lowest BCUT2D eigenvalue weighted by Crippen LogP contribution is -2.51. The van der Waals surface area contributed by atoms with Gasteiger partial charge in [0, 0.05) is 24.2 Å². The molecule has 17 nitrogen and oxygen atoms in total. The molecule has 2 fully saturated rings. The van der Waals surface area contributed by atoms with Crippen LogP contribution in [0.5, 0.6) is 0 Å². The number of aromatic amines is 2. The number of methoxy groups -OCH3 is 2. The number of imidazole rings is 2. The van der Waals surface area contributed by atoms with Crippen molar-refractivity contribution in [3.8, 4) is 22.5 Å². The molecule has 2 aliphatic rings. The number of nitrogens with zero attached hydrogens (tertiary/aromatic N) is 4. The summed E-state index contributed by atoms with van der Waals surface area (Å²) in [4.78, 5) is 84.8. The number of carbonyl (C=O) groups is 4. The third-order valence-corrected chi connectivity index (χ3v) is 11.6. The molecule has 0 spiro atoms. The number of nitrogens with one attached hydrogen (secondary N) is 4. The number of fused-ring (bicyclic) bond motifs is 4. The van der Waals surface area contributed by atoms with Gasteiger partial charge in [-0.15, -0.1) is 0 Å². The predicted octanol–water partition coefficient (Wildman–Crippen LogP) is 6.56. The maximum absolute atomic E-state index is 14.0. The first kappa shape index (κ1) is 40.1. The Hall–Kier alpha value is -6.65. The molecule has 0 radical (unpaired) electrons. The van der Waals surface area contributed by atoms with Crippen LogP contribution in [0.15, 0.2) is 62.4 Å². The second-order valence-corrected chi connectivity index (χ2v) is 16.1. The summed E-state index contributed by atoms with van der Waals surface area (Å²) in [6, 6.07) is 8.78. The monoisotopic (exact) mass is 820 g/mol. The van der Waals surface area contributed by atoms with Crippen molar-refractivity contribution >= 4 is 57.1 Å². The number of H-pyrrole nitrogens is 2. The second-order valence-electron chi connectivity index (χ2n) is 16.1. The smallest absolute Gasteiger partial charge is 0.407 e. The van der Waals surface area contributed by atoms with Gasteiger partial charge < -0.3 is 48.7 Å². The minimum Gasteiger partial charge on any atom is -0.453 e. The molecule has 0 bridgehead atoms. The summed E-state index contributed by atoms with van der Waals surface area (Å²) in [5.41, 5.74) is 3.77. The number of rotatable bonds is 10. The maximum Gasteiger partial charge on any atom is 0.407 e. The number of ether oxygens (including phenoxy) is 2. The van der Waals surface area contributed by atoms with Crippen molar-refractivity contribution in [1.82, 2.24) is 40.4 Å². The van der Waals surface area contributed by atoms with E-state index in [1.54, 1.807) is 34.3 Å². The highest BCUT2D eigenvalue weighted by Crippen LogP contribution is 2.37. The molecule has 4 N–H and O–H groups in total. The number of benzene rings is 2. The van der Waals surface area contributed by atoms with Crippen LogP contribution in [0.2, 0.25) is 0 Å². The van der Waals surface area contributed by atoms with Crippen LogP contribution in [0.1, 0.15) is 77.1 Å². The molecule has 4 aromatic heterocycles. The molecule has 60 heavy (non-hydrogen) atoms. The van der Waals surface area contributed by atoms with E-state index in [1.807, 2.05) is 52.0 Å². The van der Waals surface area contributed by atoms with E-state index in [4.69, 9.17) is 18.3 Å². The second kappa shape index (κ2) is 16.2. The fourth-order valence-electron chi connectivity index (χ4n) is 8.38. The molecular formula is C43H48N8O9. The molecule has 0 saturated carbocycles. The average Bonchev–Trinajstić information content (AvgIpc) is 4.10. The molecule has 2 aromatic carbocycles. The van der Waals surface area contributed by atoms with Crippen LogP contribution in [-0.2, 0) is 19.1 Å². The summed E-state index contributed by atoms with van der Waals surface area (Å²) in [5.74, 6) is 0.539. The number of hydrogen-bond donors (Lipinski definition) is 4. The molecule has 314 valence electrons. The Morgan fingerprint density at radius 1 is 0.700 bits per heavy atom. The minimum absolute atomic E-state index is 0.0863. The Bertz CT molecular complexity index is 2670. The van der Waals surface area contributed by atoms with E-state index in [2.05, 4.69) is 30.6 Å². The maximum atomic E-state index is 14.0. The van der Waals surface area contributed by atoms with Crippen molar-refractivity contribution in [2.24, 2.45) is 11.8 Å². The third kappa shape index (κ3) is 7.32. The molecule has 6 heterocycles. The average molecular weight is 821 g/mol. The van der Waals surface area contributed by atoms with Gasteiger partial charge >= 0.3 is 12.2 Å². The highest BCUT2D eigenvalue weighted by molar-refractivity contribution is 6.05. The van der Waals surface area contributed by atoms with Gasteiger partial charge in [-0.3, -0.25) is 14.4 Å². The minimum atomic E-state index is -0.748. The fourth-order valence-corrected chi connectivity index (χ4v) is 8.38. The summed E-state index contributed by atoms with van der Waals surface area (Å²) in [7, 11) is 2.53. The van der Waals surface area contributed by atoms with Gasteiger partial charge in [-0.1, -0.05) is 33.8 Å². The molecular weight excluding hydrogens is 773 g/mol. The van der Waals surface area contributed by atoms with Crippen LogP contribution in [0.4, 0.5) is 9.59 Å². The summed E-state index contributed by atoms with van der Waals surface area (Å²) in [5, 5.41) is 6.31. The van der Waals surface area contributed by atoms with E-state index in [-0.39, 0.29) is 46.7 Å². The number of likely N-dealkylation sites (tertiary alicyclic amines) is 2. The molecule has 6 aromatic rings. The van der Waals surface area contributed by atoms with Crippen LogP contribution in [0.25, 0.3) is 55.6 Å². The zero-order valence-corrected chi connectivity index (χ0v) is 34.3. The van der Waals surface area contributed by atoms with E-state index < -0.39 is 24.3 Å². The number of amides is 4. The highest BCUT2D eigenvalue weighted by atomic mass is 16.5. The van der Waals surface area contributed by atoms with Gasteiger partial charge in [-0.05, 0) is 67.9 Å². The largest absolute Gasteiger partial charge is 0.453 e. The molecule has 8 rings (SSSR count). The summed E-state index contributed by atoms with van der Waals surface area (Å²) < 4.78 is 22.0. The van der Waals surface area contributed by atoms with Gasteiger partial charge in [0.25, 0.3) is 0 Å². The zero-order valence-electron chi connectivity index (χ0n) is 34.3. The van der Waals surface area contributed by atoms with E-state index in [1.165, 1.54) is 14.2 Å². The number of hydrogen-bond acceptors (Lipinski definition) is 11. The lowest BCUT2D eigenvalue weighted by molar-refractivity contribution is -0.136. The molecule has 0 aliphatic carbocycles. The highest BCUT2D eigenvalue weighted by Gasteiger charge is 2.39. The van der Waals surface area contributed by atoms with Gasteiger partial charge in [-0.2, -0.15) is 0 Å². The van der Waals surface area contributed by atoms with E-state index in [0.717, 1.165) is 18.4 Å². The van der Waals surface area contributed by atoms with Crippen molar-refractivity contribution in [1.29, 1.82) is 0 Å². The lowest BCUT2D eigenvalue weighted by Gasteiger charge is -2.30. The number of alkyl carbamates (subject to hydrolysis) is 2. The van der Waals surface area contributed by atoms with Crippen LogP contribution in [-0.4, -0.2) is 93.1 Å². The van der Waals surface area contributed by atoms with Gasteiger partial charge in [0.1, 0.15) is 34.9 Å². The van der Waals surface area contributed by atoms with Crippen molar-refractivity contribution in [2.75, 3.05) is 27.3 Å². The van der Waals surface area contributed by atoms with Gasteiger partial charge in [0.15, 0.2) is 5.58 Å². The summed E-state index contributed by atoms with van der Waals surface area (Å²) in [6.45, 7) is 8.55. The Morgan fingerprint density at radius 3 is 1.72 bits per heavy atom.